The molecule has 1 aliphatic rings. The van der Waals surface area contributed by atoms with Gasteiger partial charge in [0, 0.05) is 0 Å². The predicted octanol–water partition coefficient (Wildman–Crippen LogP) is 0.766. The Labute approximate surface area is 115 Å². The number of primary amides is 1. The number of benzene rings is 1. The molecule has 19 heavy (non-hydrogen) atoms. The van der Waals surface area contributed by atoms with Crippen LogP contribution in [-0.4, -0.2) is 25.5 Å². The van der Waals surface area contributed by atoms with Crippen LogP contribution in [0.1, 0.15) is 0 Å². The highest BCUT2D eigenvalue weighted by Gasteiger charge is 2.26. The molecule has 0 fully saturated rings. The number of amidine groups is 1. The summed E-state index contributed by atoms with van der Waals surface area (Å²) >= 11 is 6.19. The van der Waals surface area contributed by atoms with Crippen LogP contribution < -0.4 is 21.1 Å². The van der Waals surface area contributed by atoms with Crippen LogP contribution in [0.15, 0.2) is 40.0 Å². The van der Waals surface area contributed by atoms with Gasteiger partial charge in [0.1, 0.15) is 29.0 Å². The number of nitrogens with two attached hydrogens (primary N) is 2. The van der Waals surface area contributed by atoms with Gasteiger partial charge in [0.15, 0.2) is 0 Å². The average Bonchev–Trinajstić information content (AvgIpc) is 2.38. The van der Waals surface area contributed by atoms with Crippen molar-refractivity contribution >= 4 is 29.0 Å². The normalized spacial score (nSPS) is 15.3. The van der Waals surface area contributed by atoms with Gasteiger partial charge in [-0.15, -0.1) is 0 Å². The molecule has 1 amide bonds. The molecule has 0 unspecified atom stereocenters. The minimum Gasteiger partial charge on any atom is -0.495 e. The minimum absolute atomic E-state index is 0.0128. The van der Waals surface area contributed by atoms with E-state index >= 15 is 0 Å². The number of amides is 1. The first-order chi connectivity index (χ1) is 9.06. The number of anilines is 1. The zero-order chi connectivity index (χ0) is 14.0. The summed E-state index contributed by atoms with van der Waals surface area (Å²) in [6, 6.07) is 7.24. The SMILES string of the molecule is COc1ccccc1N1CN=C(N)C(C(N)=O)=C1Cl. The molecule has 6 nitrogen and oxygen atoms in total. The van der Waals surface area contributed by atoms with Crippen molar-refractivity contribution in [3.63, 3.8) is 0 Å². The first-order valence-electron chi connectivity index (χ1n) is 5.46. The van der Waals surface area contributed by atoms with Crippen molar-refractivity contribution in [2.24, 2.45) is 16.5 Å². The van der Waals surface area contributed by atoms with E-state index in [1.54, 1.807) is 24.1 Å². The molecular formula is C12H13ClN4O2. The van der Waals surface area contributed by atoms with Crippen molar-refractivity contribution < 1.29 is 9.53 Å². The van der Waals surface area contributed by atoms with E-state index < -0.39 is 5.91 Å². The molecule has 1 aromatic carbocycles. The van der Waals surface area contributed by atoms with E-state index in [1.807, 2.05) is 12.1 Å². The maximum Gasteiger partial charge on any atom is 0.255 e. The Bertz CT molecular complexity index is 583. The largest absolute Gasteiger partial charge is 0.495 e. The third-order valence-corrected chi connectivity index (χ3v) is 3.10. The Morgan fingerprint density at radius 1 is 1.47 bits per heavy atom. The van der Waals surface area contributed by atoms with Gasteiger partial charge in [-0.1, -0.05) is 23.7 Å². The lowest BCUT2D eigenvalue weighted by atomic mass is 10.2. The summed E-state index contributed by atoms with van der Waals surface area (Å²) < 4.78 is 5.25. The first-order valence-corrected chi connectivity index (χ1v) is 5.84. The number of carbonyl (C=O) groups excluding carboxylic acids is 1. The van der Waals surface area contributed by atoms with Crippen LogP contribution in [0.3, 0.4) is 0 Å². The Kier molecular flexibility index (Phi) is 3.62. The molecule has 7 heteroatoms. The predicted molar refractivity (Wildman–Crippen MR) is 74.0 cm³/mol. The highest BCUT2D eigenvalue weighted by atomic mass is 35.5. The molecule has 0 radical (unpaired) electrons. The minimum atomic E-state index is -0.717. The topological polar surface area (TPSA) is 93.9 Å². The molecule has 0 atom stereocenters. The number of methoxy groups -OCH3 is 1. The molecule has 1 heterocycles. The summed E-state index contributed by atoms with van der Waals surface area (Å²) in [6.07, 6.45) is 0. The number of hydrogen-bond donors (Lipinski definition) is 2. The zero-order valence-electron chi connectivity index (χ0n) is 10.3. The molecule has 1 aromatic rings. The summed E-state index contributed by atoms with van der Waals surface area (Å²) in [4.78, 5) is 17.0. The van der Waals surface area contributed by atoms with E-state index in [0.29, 0.717) is 11.4 Å². The second-order valence-corrected chi connectivity index (χ2v) is 4.17. The monoisotopic (exact) mass is 280 g/mol. The molecule has 0 bridgehead atoms. The lowest BCUT2D eigenvalue weighted by molar-refractivity contribution is -0.114. The molecule has 0 saturated heterocycles. The number of para-hydroxylation sites is 2. The zero-order valence-corrected chi connectivity index (χ0v) is 11.0. The molecule has 0 saturated carbocycles. The highest BCUT2D eigenvalue weighted by Crippen LogP contribution is 2.33. The molecule has 0 aliphatic carbocycles. The average molecular weight is 281 g/mol. The maximum atomic E-state index is 11.4. The molecule has 100 valence electrons. The van der Waals surface area contributed by atoms with Gasteiger partial charge in [-0.25, -0.2) is 4.99 Å². The van der Waals surface area contributed by atoms with Crippen molar-refractivity contribution in [2.45, 2.75) is 0 Å². The number of hydrogen-bond acceptors (Lipinski definition) is 5. The molecule has 0 spiro atoms. The van der Waals surface area contributed by atoms with Gasteiger partial charge in [-0.2, -0.15) is 0 Å². The van der Waals surface area contributed by atoms with E-state index in [-0.39, 0.29) is 23.2 Å². The van der Waals surface area contributed by atoms with Gasteiger partial charge in [-0.05, 0) is 12.1 Å². The number of aliphatic imine (C=N–C) groups is 1. The first kappa shape index (κ1) is 13.2. The summed E-state index contributed by atoms with van der Waals surface area (Å²) in [5, 5.41) is 0.143. The Morgan fingerprint density at radius 3 is 2.79 bits per heavy atom. The van der Waals surface area contributed by atoms with Crippen LogP contribution in [0, 0.1) is 0 Å². The second-order valence-electron chi connectivity index (χ2n) is 3.81. The van der Waals surface area contributed by atoms with Gasteiger partial charge >= 0.3 is 0 Å². The third kappa shape index (κ3) is 2.34. The highest BCUT2D eigenvalue weighted by molar-refractivity contribution is 6.38. The van der Waals surface area contributed by atoms with Crippen LogP contribution in [0.2, 0.25) is 0 Å². The quantitative estimate of drug-likeness (QED) is 0.800. The second kappa shape index (κ2) is 5.19. The van der Waals surface area contributed by atoms with Gasteiger partial charge < -0.3 is 21.1 Å². The molecule has 2 rings (SSSR count). The van der Waals surface area contributed by atoms with Crippen molar-refractivity contribution in [1.82, 2.24) is 0 Å². The Balaban J connectivity index is 2.50. The lowest BCUT2D eigenvalue weighted by Gasteiger charge is -2.28. The van der Waals surface area contributed by atoms with E-state index in [9.17, 15) is 4.79 Å². The third-order valence-electron chi connectivity index (χ3n) is 2.70. The molecule has 1 aliphatic heterocycles. The van der Waals surface area contributed by atoms with Crippen molar-refractivity contribution in [2.75, 3.05) is 18.7 Å². The van der Waals surface area contributed by atoms with Crippen LogP contribution >= 0.6 is 11.6 Å². The fourth-order valence-corrected chi connectivity index (χ4v) is 2.13. The van der Waals surface area contributed by atoms with E-state index in [1.165, 1.54) is 0 Å². The van der Waals surface area contributed by atoms with E-state index in [4.69, 9.17) is 27.8 Å². The van der Waals surface area contributed by atoms with Crippen molar-refractivity contribution in [1.29, 1.82) is 0 Å². The van der Waals surface area contributed by atoms with Crippen molar-refractivity contribution in [3.05, 3.63) is 35.0 Å². The fraction of sp³-hybridized carbons (Fsp3) is 0.167. The summed E-state index contributed by atoms with van der Waals surface area (Å²) in [5.41, 5.74) is 11.6. The van der Waals surface area contributed by atoms with Gasteiger partial charge in [0.2, 0.25) is 0 Å². The number of ether oxygens (including phenoxy) is 1. The fourth-order valence-electron chi connectivity index (χ4n) is 1.79. The molecule has 4 N–H and O–H groups in total. The van der Waals surface area contributed by atoms with Gasteiger partial charge in [0.25, 0.3) is 5.91 Å². The van der Waals surface area contributed by atoms with Crippen LogP contribution in [0.4, 0.5) is 5.69 Å². The number of carbonyl (C=O) groups is 1. The van der Waals surface area contributed by atoms with E-state index in [0.717, 1.165) is 0 Å². The van der Waals surface area contributed by atoms with Crippen LogP contribution in [0.25, 0.3) is 0 Å². The lowest BCUT2D eigenvalue weighted by Crippen LogP contribution is -2.37. The van der Waals surface area contributed by atoms with Gasteiger partial charge in [-0.3, -0.25) is 4.79 Å². The Morgan fingerprint density at radius 2 is 2.16 bits per heavy atom. The molecule has 0 aromatic heterocycles. The number of rotatable bonds is 3. The number of nitrogens with zero attached hydrogens (tertiary/aromatic N) is 2. The molecular weight excluding hydrogens is 268 g/mol. The smallest absolute Gasteiger partial charge is 0.255 e. The van der Waals surface area contributed by atoms with Crippen LogP contribution in [-0.2, 0) is 4.79 Å². The summed E-state index contributed by atoms with van der Waals surface area (Å²) in [6.45, 7) is 0.196. The van der Waals surface area contributed by atoms with Gasteiger partial charge in [0.05, 0.1) is 12.8 Å². The standard InChI is InChI=1S/C12H13ClN4O2/c1-19-8-5-3-2-4-7(8)17-6-16-11(14)9(10(17)13)12(15)18/h2-5H,6H2,1H3,(H2,14,16)(H2,15,18). The Hall–Kier alpha value is -2.21. The van der Waals surface area contributed by atoms with Crippen LogP contribution in [0.5, 0.6) is 5.75 Å². The number of halogens is 1. The van der Waals surface area contributed by atoms with Crippen molar-refractivity contribution in [3.8, 4) is 5.75 Å². The summed E-state index contributed by atoms with van der Waals surface area (Å²) in [7, 11) is 1.55. The summed E-state index contributed by atoms with van der Waals surface area (Å²) in [5.74, 6) is -0.0605. The maximum absolute atomic E-state index is 11.4. The van der Waals surface area contributed by atoms with E-state index in [2.05, 4.69) is 4.99 Å².